The highest BCUT2D eigenvalue weighted by atomic mass is 19.4. The van der Waals surface area contributed by atoms with Crippen molar-refractivity contribution in [3.8, 4) is 5.75 Å². The summed E-state index contributed by atoms with van der Waals surface area (Å²) in [6.45, 7) is 0.708. The van der Waals surface area contributed by atoms with E-state index in [4.69, 9.17) is 4.74 Å². The van der Waals surface area contributed by atoms with E-state index < -0.39 is 28.9 Å². The fourth-order valence-electron chi connectivity index (χ4n) is 4.19. The number of carbonyl (C=O) groups excluding carboxylic acids is 1. The average molecular weight is 421 g/mol. The van der Waals surface area contributed by atoms with Crippen molar-refractivity contribution < 1.29 is 27.8 Å². The number of carbonyl (C=O) groups is 1. The van der Waals surface area contributed by atoms with Gasteiger partial charge in [-0.05, 0) is 56.8 Å². The van der Waals surface area contributed by atoms with Gasteiger partial charge < -0.3 is 14.7 Å². The molecule has 162 valence electrons. The molecule has 1 saturated carbocycles. The molecule has 2 aromatic carbocycles. The minimum atomic E-state index is -4.66. The first-order chi connectivity index (χ1) is 14.1. The molecular weight excluding hydrogens is 395 g/mol. The largest absolute Gasteiger partial charge is 0.423 e. The quantitative estimate of drug-likeness (QED) is 0.553. The summed E-state index contributed by atoms with van der Waals surface area (Å²) in [6.07, 6.45) is -1.29. The standard InChI is InChI=1S/C23H26F3NO3/c1-27(2)15-17-8-5-6-13-22(17,29)16-9-7-10-18(14-16)30-21(28)19-11-3-4-12-20(19)23(24,25)26/h3-4,7,9-12,14,17,29H,5-6,8,13,15H2,1-2H3. The van der Waals surface area contributed by atoms with Crippen LogP contribution in [0.15, 0.2) is 48.5 Å². The zero-order valence-corrected chi connectivity index (χ0v) is 17.1. The Hall–Kier alpha value is -2.38. The number of benzene rings is 2. The molecule has 4 nitrogen and oxygen atoms in total. The molecule has 0 bridgehead atoms. The molecule has 2 atom stereocenters. The van der Waals surface area contributed by atoms with Crippen LogP contribution in [0.1, 0.15) is 47.2 Å². The summed E-state index contributed by atoms with van der Waals surface area (Å²) in [5.41, 5.74) is -2.04. The van der Waals surface area contributed by atoms with Gasteiger partial charge in [0.25, 0.3) is 0 Å². The third-order valence-corrected chi connectivity index (χ3v) is 5.62. The number of alkyl halides is 3. The lowest BCUT2D eigenvalue weighted by molar-refractivity contribution is -0.138. The van der Waals surface area contributed by atoms with Crippen molar-refractivity contribution in [3.05, 3.63) is 65.2 Å². The molecule has 0 aliphatic heterocycles. The summed E-state index contributed by atoms with van der Waals surface area (Å²) < 4.78 is 44.9. The number of ether oxygens (including phenoxy) is 1. The number of nitrogens with zero attached hydrogens (tertiary/aromatic N) is 1. The van der Waals surface area contributed by atoms with Gasteiger partial charge in [-0.25, -0.2) is 4.79 Å². The zero-order valence-electron chi connectivity index (χ0n) is 17.1. The third-order valence-electron chi connectivity index (χ3n) is 5.62. The Morgan fingerprint density at radius 2 is 1.90 bits per heavy atom. The Balaban J connectivity index is 1.87. The van der Waals surface area contributed by atoms with Crippen molar-refractivity contribution in [1.29, 1.82) is 0 Å². The SMILES string of the molecule is CN(C)CC1CCCCC1(O)c1cccc(OC(=O)c2ccccc2C(F)(F)F)c1. The van der Waals surface area contributed by atoms with E-state index in [0.29, 0.717) is 18.5 Å². The fraction of sp³-hybridized carbons (Fsp3) is 0.435. The van der Waals surface area contributed by atoms with E-state index in [1.807, 2.05) is 19.0 Å². The van der Waals surface area contributed by atoms with Gasteiger partial charge in [-0.3, -0.25) is 0 Å². The maximum Gasteiger partial charge on any atom is 0.417 e. The Bertz CT molecular complexity index is 897. The summed E-state index contributed by atoms with van der Waals surface area (Å²) in [7, 11) is 3.90. The van der Waals surface area contributed by atoms with Crippen molar-refractivity contribution in [2.75, 3.05) is 20.6 Å². The van der Waals surface area contributed by atoms with E-state index in [-0.39, 0.29) is 11.7 Å². The average Bonchev–Trinajstić information content (AvgIpc) is 2.69. The second-order valence-electron chi connectivity index (χ2n) is 8.09. The molecule has 0 amide bonds. The molecule has 1 fully saturated rings. The van der Waals surface area contributed by atoms with Crippen LogP contribution in [0, 0.1) is 5.92 Å². The monoisotopic (exact) mass is 421 g/mol. The number of esters is 1. The molecule has 0 radical (unpaired) electrons. The van der Waals surface area contributed by atoms with Gasteiger partial charge >= 0.3 is 12.1 Å². The van der Waals surface area contributed by atoms with Gasteiger partial charge in [0.2, 0.25) is 0 Å². The first-order valence-electron chi connectivity index (χ1n) is 9.97. The second kappa shape index (κ2) is 8.78. The Labute approximate surface area is 174 Å². The highest BCUT2D eigenvalue weighted by molar-refractivity contribution is 5.92. The molecular formula is C23H26F3NO3. The van der Waals surface area contributed by atoms with Gasteiger partial charge in [0.05, 0.1) is 16.7 Å². The van der Waals surface area contributed by atoms with Crippen LogP contribution in [0.4, 0.5) is 13.2 Å². The maximum atomic E-state index is 13.2. The first-order valence-corrected chi connectivity index (χ1v) is 9.97. The van der Waals surface area contributed by atoms with Crippen LogP contribution in [-0.4, -0.2) is 36.6 Å². The predicted octanol–water partition coefficient (Wildman–Crippen LogP) is 4.86. The lowest BCUT2D eigenvalue weighted by atomic mass is 9.71. The summed E-state index contributed by atoms with van der Waals surface area (Å²) in [6, 6.07) is 11.0. The van der Waals surface area contributed by atoms with Crippen molar-refractivity contribution in [2.45, 2.75) is 37.5 Å². The van der Waals surface area contributed by atoms with Crippen LogP contribution in [0.5, 0.6) is 5.75 Å². The van der Waals surface area contributed by atoms with Crippen molar-refractivity contribution in [3.63, 3.8) is 0 Å². The van der Waals surface area contributed by atoms with Crippen LogP contribution < -0.4 is 4.74 Å². The molecule has 0 heterocycles. The van der Waals surface area contributed by atoms with E-state index in [1.165, 1.54) is 18.2 Å². The summed E-state index contributed by atoms with van der Waals surface area (Å²) >= 11 is 0. The molecule has 0 spiro atoms. The van der Waals surface area contributed by atoms with Gasteiger partial charge in [-0.1, -0.05) is 37.1 Å². The number of hydrogen-bond donors (Lipinski definition) is 1. The van der Waals surface area contributed by atoms with E-state index >= 15 is 0 Å². The predicted molar refractivity (Wildman–Crippen MR) is 107 cm³/mol. The summed E-state index contributed by atoms with van der Waals surface area (Å²) in [5, 5.41) is 11.5. The summed E-state index contributed by atoms with van der Waals surface area (Å²) in [5.74, 6) is -0.962. The lowest BCUT2D eigenvalue weighted by Crippen LogP contribution is -2.43. The highest BCUT2D eigenvalue weighted by Crippen LogP contribution is 2.43. The van der Waals surface area contributed by atoms with Crippen molar-refractivity contribution >= 4 is 5.97 Å². The smallest absolute Gasteiger partial charge is 0.417 e. The highest BCUT2D eigenvalue weighted by Gasteiger charge is 2.41. The molecule has 2 aromatic rings. The molecule has 0 saturated heterocycles. The van der Waals surface area contributed by atoms with Gasteiger partial charge in [-0.2, -0.15) is 13.2 Å². The van der Waals surface area contributed by atoms with Crippen LogP contribution in [0.2, 0.25) is 0 Å². The maximum absolute atomic E-state index is 13.2. The van der Waals surface area contributed by atoms with Crippen molar-refractivity contribution in [2.24, 2.45) is 5.92 Å². The third kappa shape index (κ3) is 4.84. The molecule has 2 unspecified atom stereocenters. The van der Waals surface area contributed by atoms with Gasteiger partial charge in [0.15, 0.2) is 0 Å². The van der Waals surface area contributed by atoms with Gasteiger partial charge in [0, 0.05) is 12.5 Å². The Morgan fingerprint density at radius 1 is 1.17 bits per heavy atom. The van der Waals surface area contributed by atoms with Crippen molar-refractivity contribution in [1.82, 2.24) is 4.90 Å². The topological polar surface area (TPSA) is 49.8 Å². The molecule has 0 aromatic heterocycles. The number of aliphatic hydroxyl groups is 1. The van der Waals surface area contributed by atoms with E-state index in [2.05, 4.69) is 0 Å². The number of hydrogen-bond acceptors (Lipinski definition) is 4. The number of halogens is 3. The molecule has 1 aliphatic rings. The second-order valence-corrected chi connectivity index (χ2v) is 8.09. The minimum absolute atomic E-state index is 0.0122. The molecule has 1 aliphatic carbocycles. The first kappa shape index (κ1) is 22.3. The minimum Gasteiger partial charge on any atom is -0.423 e. The fourth-order valence-corrected chi connectivity index (χ4v) is 4.19. The molecule has 7 heteroatoms. The molecule has 3 rings (SSSR count). The van der Waals surface area contributed by atoms with Crippen LogP contribution in [-0.2, 0) is 11.8 Å². The van der Waals surface area contributed by atoms with Crippen LogP contribution in [0.25, 0.3) is 0 Å². The lowest BCUT2D eigenvalue weighted by Gasteiger charge is -2.41. The van der Waals surface area contributed by atoms with Crippen LogP contribution in [0.3, 0.4) is 0 Å². The van der Waals surface area contributed by atoms with Gasteiger partial charge in [-0.15, -0.1) is 0 Å². The number of rotatable bonds is 5. The zero-order chi connectivity index (χ0) is 21.9. The van der Waals surface area contributed by atoms with Crippen LogP contribution >= 0.6 is 0 Å². The van der Waals surface area contributed by atoms with E-state index in [0.717, 1.165) is 31.4 Å². The normalized spacial score (nSPS) is 22.2. The van der Waals surface area contributed by atoms with E-state index in [9.17, 15) is 23.1 Å². The van der Waals surface area contributed by atoms with Gasteiger partial charge in [0.1, 0.15) is 5.75 Å². The molecule has 1 N–H and O–H groups in total. The Kier molecular flexibility index (Phi) is 6.53. The Morgan fingerprint density at radius 3 is 2.60 bits per heavy atom. The summed E-state index contributed by atoms with van der Waals surface area (Å²) in [4.78, 5) is 14.5. The molecule has 30 heavy (non-hydrogen) atoms. The van der Waals surface area contributed by atoms with E-state index in [1.54, 1.807) is 18.2 Å².